The zero-order chi connectivity index (χ0) is 24.6. The fourth-order valence-corrected chi connectivity index (χ4v) is 4.35. The van der Waals surface area contributed by atoms with E-state index < -0.39 is 5.91 Å². The van der Waals surface area contributed by atoms with Gasteiger partial charge in [0.25, 0.3) is 5.91 Å². The lowest BCUT2D eigenvalue weighted by molar-refractivity contribution is -0.112. The lowest BCUT2D eigenvalue weighted by Crippen LogP contribution is -2.14. The molecule has 2 aromatic heterocycles. The second kappa shape index (κ2) is 11.3. The Bertz CT molecular complexity index is 1360. The molecule has 0 saturated carbocycles. The summed E-state index contributed by atoms with van der Waals surface area (Å²) in [6, 6.07) is 23.5. The number of nitriles is 1. The Morgan fingerprint density at radius 1 is 1.14 bits per heavy atom. The van der Waals surface area contributed by atoms with Gasteiger partial charge in [0, 0.05) is 22.8 Å². The summed E-state index contributed by atoms with van der Waals surface area (Å²) in [5.41, 5.74) is 3.67. The van der Waals surface area contributed by atoms with Gasteiger partial charge in [0.05, 0.1) is 12.2 Å². The molecule has 4 rings (SSSR count). The van der Waals surface area contributed by atoms with Crippen LogP contribution in [0.1, 0.15) is 31.0 Å². The van der Waals surface area contributed by atoms with E-state index in [9.17, 15) is 10.1 Å². The number of anilines is 1. The van der Waals surface area contributed by atoms with Crippen LogP contribution in [0.2, 0.25) is 0 Å². The molecule has 1 amide bonds. The van der Waals surface area contributed by atoms with E-state index in [4.69, 9.17) is 4.74 Å². The molecule has 0 spiro atoms. The second-order valence-electron chi connectivity index (χ2n) is 8.20. The molecular formula is C28H26N4O2S. The number of hydrogen-bond donors (Lipinski definition) is 1. The van der Waals surface area contributed by atoms with Gasteiger partial charge in [-0.3, -0.25) is 10.1 Å². The SMILES string of the molecule is CC(C)c1ccccc1OCCn1cccc1/C=C(/C#N)C(=O)Nc1nc(-c2ccccc2)cs1. The molecule has 0 unspecified atom stereocenters. The predicted octanol–water partition coefficient (Wildman–Crippen LogP) is 6.36. The van der Waals surface area contributed by atoms with Gasteiger partial charge in [-0.05, 0) is 35.8 Å². The Balaban J connectivity index is 1.41. The van der Waals surface area contributed by atoms with Gasteiger partial charge in [-0.2, -0.15) is 5.26 Å². The van der Waals surface area contributed by atoms with Gasteiger partial charge in [0.1, 0.15) is 24.0 Å². The molecule has 0 radical (unpaired) electrons. The summed E-state index contributed by atoms with van der Waals surface area (Å²) in [4.78, 5) is 17.2. The van der Waals surface area contributed by atoms with E-state index in [1.807, 2.05) is 82.9 Å². The number of amides is 1. The highest BCUT2D eigenvalue weighted by Gasteiger charge is 2.14. The van der Waals surface area contributed by atoms with Gasteiger partial charge in [-0.15, -0.1) is 11.3 Å². The van der Waals surface area contributed by atoms with Crippen LogP contribution in [0.4, 0.5) is 5.13 Å². The van der Waals surface area contributed by atoms with Crippen molar-refractivity contribution >= 4 is 28.5 Å². The highest BCUT2D eigenvalue weighted by Crippen LogP contribution is 2.26. The second-order valence-corrected chi connectivity index (χ2v) is 9.05. The summed E-state index contributed by atoms with van der Waals surface area (Å²) in [5, 5.41) is 14.7. The minimum absolute atomic E-state index is 0.00693. The van der Waals surface area contributed by atoms with Crippen molar-refractivity contribution in [2.24, 2.45) is 0 Å². The fraction of sp³-hybridized carbons (Fsp3) is 0.179. The van der Waals surface area contributed by atoms with E-state index >= 15 is 0 Å². The van der Waals surface area contributed by atoms with Gasteiger partial charge >= 0.3 is 0 Å². The number of benzene rings is 2. The minimum atomic E-state index is -0.490. The zero-order valence-corrected chi connectivity index (χ0v) is 20.5. The number of para-hydroxylation sites is 1. The molecule has 0 saturated heterocycles. The number of carbonyl (C=O) groups excluding carboxylic acids is 1. The number of rotatable bonds is 9. The van der Waals surface area contributed by atoms with Gasteiger partial charge in [0.15, 0.2) is 5.13 Å². The van der Waals surface area contributed by atoms with Crippen molar-refractivity contribution < 1.29 is 9.53 Å². The van der Waals surface area contributed by atoms with Crippen LogP contribution in [-0.2, 0) is 11.3 Å². The molecule has 4 aromatic rings. The molecule has 6 nitrogen and oxygen atoms in total. The van der Waals surface area contributed by atoms with Crippen molar-refractivity contribution in [3.8, 4) is 23.1 Å². The molecule has 0 bridgehead atoms. The maximum Gasteiger partial charge on any atom is 0.268 e. The number of nitrogens with one attached hydrogen (secondary N) is 1. The fourth-order valence-electron chi connectivity index (χ4n) is 3.64. The van der Waals surface area contributed by atoms with Crippen LogP contribution < -0.4 is 10.1 Å². The van der Waals surface area contributed by atoms with E-state index in [1.54, 1.807) is 6.08 Å². The number of hydrogen-bond acceptors (Lipinski definition) is 5. The van der Waals surface area contributed by atoms with Crippen LogP contribution >= 0.6 is 11.3 Å². The molecule has 7 heteroatoms. The third-order valence-electron chi connectivity index (χ3n) is 5.45. The zero-order valence-electron chi connectivity index (χ0n) is 19.6. The topological polar surface area (TPSA) is 79.9 Å². The Morgan fingerprint density at radius 3 is 2.69 bits per heavy atom. The van der Waals surface area contributed by atoms with E-state index in [1.165, 1.54) is 16.9 Å². The average Bonchev–Trinajstić information content (AvgIpc) is 3.52. The van der Waals surface area contributed by atoms with Crippen molar-refractivity contribution in [3.63, 3.8) is 0 Å². The molecule has 2 heterocycles. The number of nitrogens with zero attached hydrogens (tertiary/aromatic N) is 3. The molecule has 176 valence electrons. The summed E-state index contributed by atoms with van der Waals surface area (Å²) >= 11 is 1.32. The van der Waals surface area contributed by atoms with Gasteiger partial charge in [-0.1, -0.05) is 62.4 Å². The van der Waals surface area contributed by atoms with E-state index in [-0.39, 0.29) is 5.57 Å². The summed E-state index contributed by atoms with van der Waals surface area (Å²) in [6.45, 7) is 5.33. The van der Waals surface area contributed by atoms with Crippen LogP contribution in [0.3, 0.4) is 0 Å². The number of thiazole rings is 1. The highest BCUT2D eigenvalue weighted by molar-refractivity contribution is 7.14. The third kappa shape index (κ3) is 6.05. The van der Waals surface area contributed by atoms with E-state index in [0.717, 1.165) is 22.7 Å². The quantitative estimate of drug-likeness (QED) is 0.222. The Morgan fingerprint density at radius 2 is 1.91 bits per heavy atom. The first-order chi connectivity index (χ1) is 17.0. The first kappa shape index (κ1) is 24.0. The first-order valence-corrected chi connectivity index (χ1v) is 12.2. The molecule has 0 fully saturated rings. The monoisotopic (exact) mass is 482 g/mol. The standard InChI is InChI=1S/C28H26N4O2S/c1-20(2)24-12-6-7-13-26(24)34-16-15-32-14-8-11-23(32)17-22(18-29)27(33)31-28-30-25(19-35-28)21-9-4-3-5-10-21/h3-14,17,19-20H,15-16H2,1-2H3,(H,30,31,33)/b22-17-. The number of carbonyl (C=O) groups is 1. The van der Waals surface area contributed by atoms with Crippen LogP contribution in [0.15, 0.2) is 83.9 Å². The first-order valence-electron chi connectivity index (χ1n) is 11.4. The molecular weight excluding hydrogens is 456 g/mol. The normalized spacial score (nSPS) is 11.3. The van der Waals surface area contributed by atoms with E-state index in [0.29, 0.717) is 24.2 Å². The number of ether oxygens (including phenoxy) is 1. The summed E-state index contributed by atoms with van der Waals surface area (Å²) < 4.78 is 7.99. The van der Waals surface area contributed by atoms with Crippen LogP contribution in [0.25, 0.3) is 17.3 Å². The Hall–Kier alpha value is -4.15. The predicted molar refractivity (Wildman–Crippen MR) is 140 cm³/mol. The maximum absolute atomic E-state index is 12.8. The van der Waals surface area contributed by atoms with Crippen LogP contribution in [0, 0.1) is 11.3 Å². The number of aromatic nitrogens is 2. The van der Waals surface area contributed by atoms with Crippen LogP contribution in [-0.4, -0.2) is 22.1 Å². The largest absolute Gasteiger partial charge is 0.491 e. The molecule has 0 aliphatic carbocycles. The lowest BCUT2D eigenvalue weighted by atomic mass is 10.0. The molecule has 0 aliphatic rings. The van der Waals surface area contributed by atoms with Crippen molar-refractivity contribution in [2.45, 2.75) is 26.3 Å². The molecule has 35 heavy (non-hydrogen) atoms. The van der Waals surface area contributed by atoms with Crippen molar-refractivity contribution in [1.82, 2.24) is 9.55 Å². The summed E-state index contributed by atoms with van der Waals surface area (Å²) in [6.07, 6.45) is 3.49. The third-order valence-corrected chi connectivity index (χ3v) is 6.20. The van der Waals surface area contributed by atoms with Crippen molar-refractivity contribution in [1.29, 1.82) is 5.26 Å². The van der Waals surface area contributed by atoms with Crippen molar-refractivity contribution in [3.05, 3.63) is 95.1 Å². The summed E-state index contributed by atoms with van der Waals surface area (Å²) in [7, 11) is 0. The molecule has 2 aromatic carbocycles. The van der Waals surface area contributed by atoms with Crippen molar-refractivity contribution in [2.75, 3.05) is 11.9 Å². The van der Waals surface area contributed by atoms with E-state index in [2.05, 4.69) is 30.2 Å². The smallest absolute Gasteiger partial charge is 0.268 e. The summed E-state index contributed by atoms with van der Waals surface area (Å²) in [5.74, 6) is 0.757. The molecule has 0 atom stereocenters. The Labute approximate surface area is 209 Å². The molecule has 0 aliphatic heterocycles. The maximum atomic E-state index is 12.8. The van der Waals surface area contributed by atoms with Gasteiger partial charge < -0.3 is 9.30 Å². The minimum Gasteiger partial charge on any atom is -0.491 e. The lowest BCUT2D eigenvalue weighted by Gasteiger charge is -2.14. The van der Waals surface area contributed by atoms with Crippen LogP contribution in [0.5, 0.6) is 5.75 Å². The average molecular weight is 483 g/mol. The van der Waals surface area contributed by atoms with Gasteiger partial charge in [-0.25, -0.2) is 4.98 Å². The molecule has 1 N–H and O–H groups in total. The Kier molecular flexibility index (Phi) is 7.76. The highest BCUT2D eigenvalue weighted by atomic mass is 32.1. The van der Waals surface area contributed by atoms with Gasteiger partial charge in [0.2, 0.25) is 0 Å².